The molecule has 4 rings (SSSR count). The molecule has 1 aromatic carbocycles. The van der Waals surface area contributed by atoms with Gasteiger partial charge in [-0.05, 0) is 42.5 Å². The predicted octanol–water partition coefficient (Wildman–Crippen LogP) is 3.38. The van der Waals surface area contributed by atoms with Crippen LogP contribution in [0, 0.1) is 0 Å². The van der Waals surface area contributed by atoms with Crippen LogP contribution >= 0.6 is 11.8 Å². The van der Waals surface area contributed by atoms with Gasteiger partial charge in [-0.25, -0.2) is 0 Å². The Bertz CT molecular complexity index is 777. The van der Waals surface area contributed by atoms with Crippen LogP contribution in [-0.2, 0) is 4.74 Å². The van der Waals surface area contributed by atoms with E-state index in [1.54, 1.807) is 11.8 Å². The Morgan fingerprint density at radius 2 is 2.30 bits per heavy atom. The van der Waals surface area contributed by atoms with Gasteiger partial charge in [-0.1, -0.05) is 12.1 Å². The highest BCUT2D eigenvalue weighted by Crippen LogP contribution is 2.37. The number of hydrogen-bond donors (Lipinski definition) is 1. The molecule has 4 nitrogen and oxygen atoms in total. The lowest BCUT2D eigenvalue weighted by atomic mass is 9.80. The molecule has 118 valence electrons. The number of aliphatic imine (C=N–C) groups is 1. The fraction of sp³-hybridized carbons (Fsp3) is 0.333. The van der Waals surface area contributed by atoms with E-state index < -0.39 is 0 Å². The van der Waals surface area contributed by atoms with Gasteiger partial charge in [-0.15, -0.1) is 11.8 Å². The molecule has 0 radical (unpaired) electrons. The topological polar surface area (TPSA) is 44.8 Å². The maximum Gasteiger partial charge on any atom is 0.421 e. The van der Waals surface area contributed by atoms with Crippen LogP contribution in [0.3, 0.4) is 0 Å². The average Bonchev–Trinajstić information content (AvgIpc) is 2.62. The normalized spacial score (nSPS) is 23.2. The molecule has 23 heavy (non-hydrogen) atoms. The molecule has 1 aromatic rings. The molecule has 0 aliphatic carbocycles. The maximum atomic E-state index is 10.6. The van der Waals surface area contributed by atoms with E-state index in [4.69, 9.17) is 9.73 Å². The summed E-state index contributed by atoms with van der Waals surface area (Å²) in [6.45, 7) is 1.31. The molecule has 0 fully saturated rings. The summed E-state index contributed by atoms with van der Waals surface area (Å²) < 4.78 is 6.95. The number of benzene rings is 1. The zero-order valence-corrected chi connectivity index (χ0v) is 13.8. The minimum atomic E-state index is 0.0346. The molecule has 3 aliphatic rings. The van der Waals surface area contributed by atoms with Crippen LogP contribution < -0.4 is 0 Å². The summed E-state index contributed by atoms with van der Waals surface area (Å²) in [5, 5.41) is 10.6. The third kappa shape index (κ3) is 2.39. The van der Waals surface area contributed by atoms with Gasteiger partial charge in [0, 0.05) is 17.9 Å². The van der Waals surface area contributed by atoms with E-state index in [1.165, 1.54) is 15.2 Å². The van der Waals surface area contributed by atoms with Crippen molar-refractivity contribution in [3.05, 3.63) is 53.4 Å². The number of hydroxylamine groups is 1. The summed E-state index contributed by atoms with van der Waals surface area (Å²) in [7, 11) is 0. The molecule has 3 heterocycles. The van der Waals surface area contributed by atoms with Crippen LogP contribution in [0.5, 0.6) is 0 Å². The first-order chi connectivity index (χ1) is 11.3. The number of allylic oxidation sites excluding steroid dienone is 2. The van der Waals surface area contributed by atoms with Gasteiger partial charge in [0.05, 0.1) is 16.2 Å². The zero-order chi connectivity index (χ0) is 15.8. The molecule has 1 atom stereocenters. The van der Waals surface area contributed by atoms with Gasteiger partial charge >= 0.3 is 5.88 Å². The Balaban J connectivity index is 1.91. The lowest BCUT2D eigenvalue weighted by molar-refractivity contribution is -0.756. The Morgan fingerprint density at radius 3 is 3.17 bits per heavy atom. The molecule has 1 unspecified atom stereocenters. The average molecular weight is 327 g/mol. The number of hydrogen-bond acceptors (Lipinski definition) is 4. The van der Waals surface area contributed by atoms with Crippen LogP contribution in [0.15, 0.2) is 57.8 Å². The molecule has 0 saturated heterocycles. The van der Waals surface area contributed by atoms with Crippen molar-refractivity contribution < 1.29 is 14.7 Å². The summed E-state index contributed by atoms with van der Waals surface area (Å²) in [6.07, 6.45) is 7.93. The Kier molecular flexibility index (Phi) is 3.73. The minimum Gasteiger partial charge on any atom is -0.437 e. The second-order valence-corrected chi connectivity index (χ2v) is 6.69. The van der Waals surface area contributed by atoms with Gasteiger partial charge < -0.3 is 4.74 Å². The second kappa shape index (κ2) is 5.89. The van der Waals surface area contributed by atoms with E-state index in [0.29, 0.717) is 12.5 Å². The van der Waals surface area contributed by atoms with Crippen molar-refractivity contribution in [1.29, 1.82) is 0 Å². The highest BCUT2D eigenvalue weighted by atomic mass is 32.2. The molecule has 5 heteroatoms. The second-order valence-electron chi connectivity index (χ2n) is 5.81. The molecule has 0 spiro atoms. The Morgan fingerprint density at radius 1 is 1.39 bits per heavy atom. The van der Waals surface area contributed by atoms with Crippen molar-refractivity contribution in [2.24, 2.45) is 4.99 Å². The Hall–Kier alpha value is -2.01. The molecule has 0 bridgehead atoms. The van der Waals surface area contributed by atoms with E-state index in [2.05, 4.69) is 36.6 Å². The number of fused-ring (bicyclic) bond motifs is 1. The van der Waals surface area contributed by atoms with Gasteiger partial charge in [0.2, 0.25) is 0 Å². The molecule has 0 amide bonds. The minimum absolute atomic E-state index is 0.0346. The summed E-state index contributed by atoms with van der Waals surface area (Å²) >= 11 is 1.73. The van der Waals surface area contributed by atoms with Gasteiger partial charge in [-0.3, -0.25) is 10.2 Å². The molecule has 1 N–H and O–H groups in total. The number of nitrogens with zero attached hydrogens (tertiary/aromatic N) is 2. The quantitative estimate of drug-likeness (QED) is 0.514. The van der Waals surface area contributed by atoms with E-state index in [0.717, 1.165) is 36.4 Å². The Labute approximate surface area is 139 Å². The predicted molar refractivity (Wildman–Crippen MR) is 91.7 cm³/mol. The van der Waals surface area contributed by atoms with Crippen LogP contribution in [0.2, 0.25) is 0 Å². The number of rotatable bonds is 2. The molecular weight excluding hydrogens is 308 g/mol. The lowest BCUT2D eigenvalue weighted by Gasteiger charge is -2.27. The highest BCUT2D eigenvalue weighted by Gasteiger charge is 2.44. The lowest BCUT2D eigenvalue weighted by Crippen LogP contribution is -2.40. The third-order valence-corrected chi connectivity index (χ3v) is 5.20. The maximum absolute atomic E-state index is 10.6. The van der Waals surface area contributed by atoms with Crippen molar-refractivity contribution in [3.8, 4) is 0 Å². The van der Waals surface area contributed by atoms with E-state index >= 15 is 0 Å². The van der Waals surface area contributed by atoms with E-state index in [-0.39, 0.29) is 5.92 Å². The SMILES string of the molecule is CSc1cccc(C2C3=NCCCC3=[N+](O)C3=C2C=CCO3)c1. The fourth-order valence-corrected chi connectivity index (χ4v) is 3.89. The van der Waals surface area contributed by atoms with Gasteiger partial charge in [0.15, 0.2) is 0 Å². The van der Waals surface area contributed by atoms with Gasteiger partial charge in [0.25, 0.3) is 5.71 Å². The van der Waals surface area contributed by atoms with Crippen molar-refractivity contribution in [3.63, 3.8) is 0 Å². The monoisotopic (exact) mass is 327 g/mol. The van der Waals surface area contributed by atoms with Crippen molar-refractivity contribution in [2.45, 2.75) is 23.7 Å². The summed E-state index contributed by atoms with van der Waals surface area (Å²) in [6, 6.07) is 8.55. The zero-order valence-electron chi connectivity index (χ0n) is 13.0. The molecular formula is C18H19N2O2S+. The van der Waals surface area contributed by atoms with Crippen LogP contribution in [0.25, 0.3) is 0 Å². The first kappa shape index (κ1) is 14.6. The summed E-state index contributed by atoms with van der Waals surface area (Å²) in [5.74, 6) is 0.593. The van der Waals surface area contributed by atoms with Crippen LogP contribution in [0.1, 0.15) is 24.3 Å². The van der Waals surface area contributed by atoms with Crippen molar-refractivity contribution in [1.82, 2.24) is 0 Å². The first-order valence-electron chi connectivity index (χ1n) is 7.86. The molecule has 3 aliphatic heterocycles. The molecule has 0 aromatic heterocycles. The van der Waals surface area contributed by atoms with Crippen molar-refractivity contribution in [2.75, 3.05) is 19.4 Å². The summed E-state index contributed by atoms with van der Waals surface area (Å²) in [4.78, 5) is 5.98. The van der Waals surface area contributed by atoms with E-state index in [9.17, 15) is 5.21 Å². The van der Waals surface area contributed by atoms with Crippen LogP contribution in [-0.4, -0.2) is 40.8 Å². The van der Waals surface area contributed by atoms with E-state index in [1.807, 2.05) is 6.08 Å². The van der Waals surface area contributed by atoms with Crippen molar-refractivity contribution >= 4 is 23.2 Å². The first-order valence-corrected chi connectivity index (χ1v) is 9.09. The molecule has 0 saturated carbocycles. The number of thioether (sulfide) groups is 1. The van der Waals surface area contributed by atoms with Gasteiger partial charge in [0.1, 0.15) is 12.3 Å². The standard InChI is InChI=1S/C18H19N2O2S/c1-23-13-6-2-5-12(11-13)16-14-7-4-10-22-18(14)20(21)15-8-3-9-19-17(15)16/h2,4-7,11,16,21H,3,8-10H2,1H3/q+1. The third-order valence-electron chi connectivity index (χ3n) is 4.47. The highest BCUT2D eigenvalue weighted by molar-refractivity contribution is 7.98. The smallest absolute Gasteiger partial charge is 0.421 e. The van der Waals surface area contributed by atoms with Crippen LogP contribution in [0.4, 0.5) is 0 Å². The van der Waals surface area contributed by atoms with Gasteiger partial charge in [-0.2, -0.15) is 0 Å². The summed E-state index contributed by atoms with van der Waals surface area (Å²) in [5.41, 5.74) is 4.04. The number of ether oxygens (including phenoxy) is 1. The fourth-order valence-electron chi connectivity index (χ4n) is 3.43. The largest absolute Gasteiger partial charge is 0.437 e.